The minimum absolute atomic E-state index is 1.12. The Hall–Kier alpha value is -6.90. The lowest BCUT2D eigenvalue weighted by Gasteiger charge is -2.31. The van der Waals surface area contributed by atoms with Crippen LogP contribution in [0.5, 0.6) is 0 Å². The summed E-state index contributed by atoms with van der Waals surface area (Å²) < 4.78 is 0. The molecule has 2 heteroatoms. The highest BCUT2D eigenvalue weighted by Gasteiger charge is 2.21. The average molecular weight is 663 g/mol. The van der Waals surface area contributed by atoms with Crippen molar-refractivity contribution in [1.82, 2.24) is 0 Å². The van der Waals surface area contributed by atoms with Crippen molar-refractivity contribution >= 4 is 88.0 Å². The van der Waals surface area contributed by atoms with E-state index in [1.807, 2.05) is 0 Å². The average Bonchev–Trinajstić information content (AvgIpc) is 3.21. The summed E-state index contributed by atoms with van der Waals surface area (Å²) in [5.74, 6) is 0. The third-order valence-electron chi connectivity index (χ3n) is 10.3. The molecule has 0 saturated carbocycles. The van der Waals surface area contributed by atoms with Crippen LogP contribution in [0.3, 0.4) is 0 Å². The molecule has 52 heavy (non-hydrogen) atoms. The molecule has 0 saturated heterocycles. The normalized spacial score (nSPS) is 11.5. The first kappa shape index (κ1) is 30.0. The zero-order valence-corrected chi connectivity index (χ0v) is 28.5. The van der Waals surface area contributed by atoms with Crippen molar-refractivity contribution in [2.24, 2.45) is 0 Å². The van der Waals surface area contributed by atoms with Gasteiger partial charge in [0.25, 0.3) is 0 Å². The molecule has 0 aromatic heterocycles. The molecule has 0 aliphatic rings. The molecule has 0 spiro atoms. The van der Waals surface area contributed by atoms with E-state index in [9.17, 15) is 0 Å². The van der Waals surface area contributed by atoms with Crippen molar-refractivity contribution in [3.8, 4) is 0 Å². The summed E-state index contributed by atoms with van der Waals surface area (Å²) in [4.78, 5) is 4.84. The molecule has 0 radical (unpaired) electrons. The summed E-state index contributed by atoms with van der Waals surface area (Å²) in [5.41, 5.74) is 6.73. The van der Waals surface area contributed by atoms with Gasteiger partial charge in [-0.3, -0.25) is 0 Å². The van der Waals surface area contributed by atoms with Gasteiger partial charge in [0.15, 0.2) is 0 Å². The standard InChI is InChI=1S/C50H34N2/c1-5-15-39-31-43(25-21-35(39)11-1)51(44-26-22-36-12-2-6-16-40(36)32-44)49-29-30-50(48-20-10-9-19-47(48)49)52(45-27-23-37-13-3-7-17-41(37)33-45)46-28-24-38-14-4-8-18-42(38)34-46/h1-34H. The summed E-state index contributed by atoms with van der Waals surface area (Å²) in [5, 5.41) is 12.1. The van der Waals surface area contributed by atoms with E-state index in [2.05, 4.69) is 216 Å². The second kappa shape index (κ2) is 12.5. The van der Waals surface area contributed by atoms with Gasteiger partial charge < -0.3 is 9.80 Å². The van der Waals surface area contributed by atoms with Crippen molar-refractivity contribution in [3.05, 3.63) is 206 Å². The number of fused-ring (bicyclic) bond motifs is 5. The molecule has 0 amide bonds. The van der Waals surface area contributed by atoms with Gasteiger partial charge in [0.05, 0.1) is 11.4 Å². The Morgan fingerprint density at radius 3 is 0.750 bits per heavy atom. The van der Waals surface area contributed by atoms with Crippen LogP contribution in [0.15, 0.2) is 206 Å². The molecule has 0 atom stereocenters. The van der Waals surface area contributed by atoms with E-state index in [1.54, 1.807) is 0 Å². The van der Waals surface area contributed by atoms with Gasteiger partial charge in [0.2, 0.25) is 0 Å². The van der Waals surface area contributed by atoms with Crippen molar-refractivity contribution in [1.29, 1.82) is 0 Å². The minimum atomic E-state index is 1.12. The van der Waals surface area contributed by atoms with Crippen LogP contribution in [-0.2, 0) is 0 Å². The van der Waals surface area contributed by atoms with Crippen molar-refractivity contribution in [3.63, 3.8) is 0 Å². The van der Waals surface area contributed by atoms with Gasteiger partial charge in [-0.1, -0.05) is 146 Å². The maximum absolute atomic E-state index is 2.42. The number of rotatable bonds is 6. The second-order valence-electron chi connectivity index (χ2n) is 13.4. The molecular weight excluding hydrogens is 629 g/mol. The van der Waals surface area contributed by atoms with Crippen LogP contribution >= 0.6 is 0 Å². The largest absolute Gasteiger partial charge is 0.310 e. The molecule has 2 nitrogen and oxygen atoms in total. The maximum Gasteiger partial charge on any atom is 0.0541 e. The summed E-state index contributed by atoms with van der Waals surface area (Å²) in [7, 11) is 0. The number of hydrogen-bond acceptors (Lipinski definition) is 2. The van der Waals surface area contributed by atoms with Crippen molar-refractivity contribution < 1.29 is 0 Å². The van der Waals surface area contributed by atoms with Gasteiger partial charge in [0.1, 0.15) is 0 Å². The number of benzene rings is 10. The van der Waals surface area contributed by atoms with E-state index in [0.717, 1.165) is 34.1 Å². The van der Waals surface area contributed by atoms with Gasteiger partial charge in [-0.05, 0) is 104 Å². The van der Waals surface area contributed by atoms with Crippen LogP contribution < -0.4 is 9.80 Å². The smallest absolute Gasteiger partial charge is 0.0541 e. The highest BCUT2D eigenvalue weighted by molar-refractivity contribution is 6.09. The quantitative estimate of drug-likeness (QED) is 0.175. The number of hydrogen-bond donors (Lipinski definition) is 0. The SMILES string of the molecule is c1ccc2cc(N(c3ccc4ccccc4c3)c3ccc(N(c4ccc5ccccc5c4)c4ccc5ccccc5c4)c4ccccc34)ccc2c1. The summed E-state index contributed by atoms with van der Waals surface area (Å²) in [6.45, 7) is 0. The monoisotopic (exact) mass is 662 g/mol. The minimum Gasteiger partial charge on any atom is -0.310 e. The van der Waals surface area contributed by atoms with E-state index < -0.39 is 0 Å². The Balaban J connectivity index is 1.22. The molecule has 0 heterocycles. The van der Waals surface area contributed by atoms with E-state index in [1.165, 1.54) is 53.9 Å². The summed E-state index contributed by atoms with van der Waals surface area (Å²) >= 11 is 0. The fraction of sp³-hybridized carbons (Fsp3) is 0. The first-order valence-electron chi connectivity index (χ1n) is 17.8. The van der Waals surface area contributed by atoms with Crippen molar-refractivity contribution in [2.45, 2.75) is 0 Å². The first-order chi connectivity index (χ1) is 25.8. The van der Waals surface area contributed by atoms with E-state index in [4.69, 9.17) is 0 Å². The first-order valence-corrected chi connectivity index (χ1v) is 17.8. The molecule has 0 bridgehead atoms. The van der Waals surface area contributed by atoms with Crippen LogP contribution in [0, 0.1) is 0 Å². The van der Waals surface area contributed by atoms with Crippen LogP contribution in [0.4, 0.5) is 34.1 Å². The van der Waals surface area contributed by atoms with Gasteiger partial charge in [-0.15, -0.1) is 0 Å². The van der Waals surface area contributed by atoms with Gasteiger partial charge in [-0.2, -0.15) is 0 Å². The fourth-order valence-electron chi connectivity index (χ4n) is 7.77. The van der Waals surface area contributed by atoms with Crippen LogP contribution in [0.25, 0.3) is 53.9 Å². The topological polar surface area (TPSA) is 6.48 Å². The molecule has 10 aromatic rings. The fourth-order valence-corrected chi connectivity index (χ4v) is 7.77. The third-order valence-corrected chi connectivity index (χ3v) is 10.3. The summed E-state index contributed by atoms with van der Waals surface area (Å²) in [6.07, 6.45) is 0. The number of nitrogens with zero attached hydrogens (tertiary/aromatic N) is 2. The molecule has 10 rings (SSSR count). The van der Waals surface area contributed by atoms with Crippen LogP contribution in [-0.4, -0.2) is 0 Å². The Kier molecular flexibility index (Phi) is 7.18. The zero-order valence-electron chi connectivity index (χ0n) is 28.5. The molecule has 0 aliphatic carbocycles. The van der Waals surface area contributed by atoms with Crippen LogP contribution in [0.2, 0.25) is 0 Å². The molecule has 0 unspecified atom stereocenters. The lowest BCUT2D eigenvalue weighted by atomic mass is 10.0. The Morgan fingerprint density at radius 2 is 0.462 bits per heavy atom. The molecule has 10 aromatic carbocycles. The Labute approximate surface area is 303 Å². The zero-order chi connectivity index (χ0) is 34.4. The van der Waals surface area contributed by atoms with Gasteiger partial charge >= 0.3 is 0 Å². The third kappa shape index (κ3) is 5.21. The second-order valence-corrected chi connectivity index (χ2v) is 13.4. The number of anilines is 6. The molecule has 0 fully saturated rings. The highest BCUT2D eigenvalue weighted by atomic mass is 15.2. The maximum atomic E-state index is 2.42. The molecule has 0 aliphatic heterocycles. The molecule has 0 N–H and O–H groups in total. The lowest BCUT2D eigenvalue weighted by molar-refractivity contribution is 1.29. The predicted octanol–water partition coefficient (Wildman–Crippen LogP) is 14.4. The van der Waals surface area contributed by atoms with Gasteiger partial charge in [0, 0.05) is 33.5 Å². The van der Waals surface area contributed by atoms with E-state index >= 15 is 0 Å². The highest BCUT2D eigenvalue weighted by Crippen LogP contribution is 2.46. The predicted molar refractivity (Wildman–Crippen MR) is 223 cm³/mol. The van der Waals surface area contributed by atoms with Crippen molar-refractivity contribution in [2.75, 3.05) is 9.80 Å². The Morgan fingerprint density at radius 1 is 0.212 bits per heavy atom. The molecule has 244 valence electrons. The van der Waals surface area contributed by atoms with Gasteiger partial charge in [-0.25, -0.2) is 0 Å². The van der Waals surface area contributed by atoms with E-state index in [-0.39, 0.29) is 0 Å². The Bertz CT molecular complexity index is 2580. The lowest BCUT2D eigenvalue weighted by Crippen LogP contribution is -2.13. The van der Waals surface area contributed by atoms with E-state index in [0.29, 0.717) is 0 Å². The molecular formula is C50H34N2. The van der Waals surface area contributed by atoms with Crippen LogP contribution in [0.1, 0.15) is 0 Å². The summed E-state index contributed by atoms with van der Waals surface area (Å²) in [6, 6.07) is 75.0.